The van der Waals surface area contributed by atoms with E-state index in [1.807, 2.05) is 6.92 Å². The summed E-state index contributed by atoms with van der Waals surface area (Å²) in [5, 5.41) is 3.29. The number of hydrogen-bond acceptors (Lipinski definition) is 4. The topological polar surface area (TPSA) is 68.0 Å². The van der Waals surface area contributed by atoms with Gasteiger partial charge in [0.1, 0.15) is 15.5 Å². The van der Waals surface area contributed by atoms with Crippen LogP contribution in [0.1, 0.15) is 15.2 Å². The minimum absolute atomic E-state index is 0.143. The minimum atomic E-state index is -0.480. The molecule has 0 saturated carbocycles. The van der Waals surface area contributed by atoms with E-state index >= 15 is 0 Å². The largest absolute Gasteiger partial charge is 0.397 e. The predicted octanol–water partition coefficient (Wildman–Crippen LogP) is 3.58. The van der Waals surface area contributed by atoms with Gasteiger partial charge in [0.2, 0.25) is 0 Å². The summed E-state index contributed by atoms with van der Waals surface area (Å²) in [4.78, 5) is 17.5. The van der Waals surface area contributed by atoms with Crippen molar-refractivity contribution in [1.29, 1.82) is 0 Å². The van der Waals surface area contributed by atoms with E-state index in [0.29, 0.717) is 15.4 Å². The van der Waals surface area contributed by atoms with Gasteiger partial charge in [0.05, 0.1) is 11.4 Å². The number of amides is 1. The second-order valence-electron chi connectivity index (χ2n) is 4.64. The number of hydrogen-bond donors (Lipinski definition) is 2. The summed E-state index contributed by atoms with van der Waals surface area (Å²) in [7, 11) is 0. The van der Waals surface area contributed by atoms with Crippen molar-refractivity contribution in [3.05, 3.63) is 52.8 Å². The first-order valence-corrected chi connectivity index (χ1v) is 7.08. The number of carbonyl (C=O) groups excluding carboxylic acids is 1. The third kappa shape index (κ3) is 2.45. The zero-order valence-electron chi connectivity index (χ0n) is 11.2. The summed E-state index contributed by atoms with van der Waals surface area (Å²) in [6.45, 7) is 1.83. The highest BCUT2D eigenvalue weighted by atomic mass is 32.1. The first-order valence-electron chi connectivity index (χ1n) is 6.27. The number of fused-ring (bicyclic) bond motifs is 1. The van der Waals surface area contributed by atoms with Crippen LogP contribution in [0.3, 0.4) is 0 Å². The first kappa shape index (κ1) is 13.5. The van der Waals surface area contributed by atoms with Crippen molar-refractivity contribution in [1.82, 2.24) is 4.98 Å². The molecule has 0 aliphatic heterocycles. The van der Waals surface area contributed by atoms with Crippen LogP contribution < -0.4 is 11.1 Å². The summed E-state index contributed by atoms with van der Waals surface area (Å²) < 4.78 is 13.7. The highest BCUT2D eigenvalue weighted by Gasteiger charge is 2.18. The molecule has 1 amide bonds. The molecule has 21 heavy (non-hydrogen) atoms. The quantitative estimate of drug-likeness (QED) is 0.760. The maximum Gasteiger partial charge on any atom is 0.268 e. The molecular formula is C15H12FN3OS. The number of rotatable bonds is 2. The number of pyridine rings is 1. The summed E-state index contributed by atoms with van der Waals surface area (Å²) in [6, 6.07) is 8.10. The van der Waals surface area contributed by atoms with Gasteiger partial charge in [-0.1, -0.05) is 6.07 Å². The van der Waals surface area contributed by atoms with E-state index in [9.17, 15) is 9.18 Å². The molecule has 0 atom stereocenters. The fourth-order valence-corrected chi connectivity index (χ4v) is 2.99. The van der Waals surface area contributed by atoms with E-state index < -0.39 is 11.7 Å². The Bertz CT molecular complexity index is 844. The van der Waals surface area contributed by atoms with Gasteiger partial charge < -0.3 is 11.1 Å². The standard InChI is InChI=1S/C15H12FN3OS/c1-8-4-5-10(16)11(7-8)19-14(20)13-12(17)9-3-2-6-18-15(9)21-13/h2-7H,17H2,1H3,(H,19,20). The third-order valence-electron chi connectivity index (χ3n) is 3.08. The molecule has 0 fully saturated rings. The number of thiophene rings is 1. The number of benzene rings is 1. The number of nitrogen functional groups attached to an aromatic ring is 1. The van der Waals surface area contributed by atoms with Crippen LogP contribution in [0, 0.1) is 12.7 Å². The van der Waals surface area contributed by atoms with E-state index in [-0.39, 0.29) is 5.69 Å². The predicted molar refractivity (Wildman–Crippen MR) is 83.1 cm³/mol. The molecule has 0 bridgehead atoms. The molecule has 0 aliphatic carbocycles. The molecule has 3 aromatic rings. The maximum atomic E-state index is 13.7. The van der Waals surface area contributed by atoms with Crippen LogP contribution in [-0.2, 0) is 0 Å². The second-order valence-corrected chi connectivity index (χ2v) is 5.64. The Hall–Kier alpha value is -2.47. The normalized spacial score (nSPS) is 10.8. The lowest BCUT2D eigenvalue weighted by molar-refractivity contribution is 0.103. The molecule has 0 aliphatic rings. The van der Waals surface area contributed by atoms with Gasteiger partial charge >= 0.3 is 0 Å². The van der Waals surface area contributed by atoms with Gasteiger partial charge in [-0.2, -0.15) is 0 Å². The zero-order valence-corrected chi connectivity index (χ0v) is 12.0. The maximum absolute atomic E-state index is 13.7. The Kier molecular flexibility index (Phi) is 3.31. The average Bonchev–Trinajstić information content (AvgIpc) is 2.81. The molecule has 0 spiro atoms. The molecule has 2 heterocycles. The Morgan fingerprint density at radius 1 is 1.38 bits per heavy atom. The number of carbonyl (C=O) groups is 1. The van der Waals surface area contributed by atoms with Gasteiger partial charge in [-0.25, -0.2) is 9.37 Å². The first-order chi connectivity index (χ1) is 10.1. The van der Waals surface area contributed by atoms with Gasteiger partial charge in [-0.3, -0.25) is 4.79 Å². The highest BCUT2D eigenvalue weighted by molar-refractivity contribution is 7.21. The lowest BCUT2D eigenvalue weighted by Crippen LogP contribution is -2.13. The molecule has 0 radical (unpaired) electrons. The number of nitrogens with zero attached hydrogens (tertiary/aromatic N) is 1. The molecule has 3 rings (SSSR count). The monoisotopic (exact) mass is 301 g/mol. The summed E-state index contributed by atoms with van der Waals surface area (Å²) >= 11 is 1.19. The average molecular weight is 301 g/mol. The molecule has 0 unspecified atom stereocenters. The van der Waals surface area contributed by atoms with Gasteiger partial charge in [-0.05, 0) is 36.8 Å². The Labute approximate surface area is 124 Å². The summed E-state index contributed by atoms with van der Waals surface area (Å²) in [5.74, 6) is -0.910. The molecule has 6 heteroatoms. The van der Waals surface area contributed by atoms with E-state index in [1.165, 1.54) is 17.4 Å². The fraction of sp³-hybridized carbons (Fsp3) is 0.0667. The molecule has 0 saturated heterocycles. The van der Waals surface area contributed by atoms with Crippen molar-refractivity contribution < 1.29 is 9.18 Å². The van der Waals surface area contributed by atoms with Crippen molar-refractivity contribution in [2.75, 3.05) is 11.1 Å². The number of nitrogens with one attached hydrogen (secondary N) is 1. The Morgan fingerprint density at radius 2 is 2.19 bits per heavy atom. The van der Waals surface area contributed by atoms with Crippen LogP contribution in [0.2, 0.25) is 0 Å². The lowest BCUT2D eigenvalue weighted by Gasteiger charge is -2.06. The number of aryl methyl sites for hydroxylation is 1. The number of nitrogens with two attached hydrogens (primary N) is 1. The Balaban J connectivity index is 1.97. The van der Waals surface area contributed by atoms with Gasteiger partial charge in [0, 0.05) is 11.6 Å². The SMILES string of the molecule is Cc1ccc(F)c(NC(=O)c2sc3ncccc3c2N)c1. The number of halogens is 1. The molecule has 106 valence electrons. The molecular weight excluding hydrogens is 289 g/mol. The molecule has 1 aromatic carbocycles. The lowest BCUT2D eigenvalue weighted by atomic mass is 10.2. The highest BCUT2D eigenvalue weighted by Crippen LogP contribution is 2.32. The van der Waals surface area contributed by atoms with Crippen molar-refractivity contribution in [2.24, 2.45) is 0 Å². The van der Waals surface area contributed by atoms with Gasteiger partial charge in [0.15, 0.2) is 0 Å². The van der Waals surface area contributed by atoms with Crippen molar-refractivity contribution in [3.8, 4) is 0 Å². The minimum Gasteiger partial charge on any atom is -0.397 e. The van der Waals surface area contributed by atoms with Crippen LogP contribution in [0.4, 0.5) is 15.8 Å². The van der Waals surface area contributed by atoms with Crippen molar-refractivity contribution in [2.45, 2.75) is 6.92 Å². The van der Waals surface area contributed by atoms with E-state index in [4.69, 9.17) is 5.73 Å². The van der Waals surface area contributed by atoms with Crippen LogP contribution in [0.5, 0.6) is 0 Å². The third-order valence-corrected chi connectivity index (χ3v) is 4.21. The van der Waals surface area contributed by atoms with Crippen molar-refractivity contribution in [3.63, 3.8) is 0 Å². The van der Waals surface area contributed by atoms with E-state index in [0.717, 1.165) is 10.9 Å². The van der Waals surface area contributed by atoms with E-state index in [1.54, 1.807) is 30.5 Å². The van der Waals surface area contributed by atoms with Crippen LogP contribution in [0.25, 0.3) is 10.2 Å². The van der Waals surface area contributed by atoms with Gasteiger partial charge in [-0.15, -0.1) is 11.3 Å². The molecule has 4 nitrogen and oxygen atoms in total. The number of anilines is 2. The van der Waals surface area contributed by atoms with E-state index in [2.05, 4.69) is 10.3 Å². The van der Waals surface area contributed by atoms with Crippen LogP contribution in [0.15, 0.2) is 36.5 Å². The van der Waals surface area contributed by atoms with Crippen LogP contribution in [-0.4, -0.2) is 10.9 Å². The molecule has 2 aromatic heterocycles. The van der Waals surface area contributed by atoms with Gasteiger partial charge in [0.25, 0.3) is 5.91 Å². The fourth-order valence-electron chi connectivity index (χ4n) is 2.03. The van der Waals surface area contributed by atoms with Crippen molar-refractivity contribution >= 4 is 38.8 Å². The Morgan fingerprint density at radius 3 is 2.95 bits per heavy atom. The van der Waals surface area contributed by atoms with Crippen LogP contribution >= 0.6 is 11.3 Å². The number of aromatic nitrogens is 1. The zero-order chi connectivity index (χ0) is 15.0. The smallest absolute Gasteiger partial charge is 0.268 e. The second kappa shape index (κ2) is 5.14. The summed E-state index contributed by atoms with van der Waals surface area (Å²) in [6.07, 6.45) is 1.64. The molecule has 3 N–H and O–H groups in total. The summed E-state index contributed by atoms with van der Waals surface area (Å²) in [5.41, 5.74) is 7.35.